The fourth-order valence-corrected chi connectivity index (χ4v) is 8.47. The van der Waals surface area contributed by atoms with Gasteiger partial charge in [0.2, 0.25) is 0 Å². The Hall–Kier alpha value is -7.42. The number of nitrogens with zero attached hydrogens (tertiary/aromatic N) is 1. The second-order valence-electron chi connectivity index (χ2n) is 14.5. The summed E-state index contributed by atoms with van der Waals surface area (Å²) < 4.78 is 9.14. The van der Waals surface area contributed by atoms with Crippen LogP contribution in [0, 0.1) is 0 Å². The highest BCUT2D eigenvalue weighted by molar-refractivity contribution is 6.12. The third-order valence-corrected chi connectivity index (χ3v) is 11.2. The van der Waals surface area contributed by atoms with Crippen LogP contribution in [0.15, 0.2) is 217 Å². The first kappa shape index (κ1) is 32.0. The summed E-state index contributed by atoms with van der Waals surface area (Å²) in [5.41, 5.74) is 16.9. The highest BCUT2D eigenvalue weighted by atomic mass is 16.3. The van der Waals surface area contributed by atoms with Gasteiger partial charge in [0.15, 0.2) is 0 Å². The lowest BCUT2D eigenvalue weighted by molar-refractivity contribution is 0.670. The molecule has 0 saturated carbocycles. The minimum Gasteiger partial charge on any atom is -0.455 e. The molecule has 2 heteroatoms. The Balaban J connectivity index is 1.13. The minimum atomic E-state index is 0.887. The number of hydrogen-bond acceptors (Lipinski definition) is 1. The van der Waals surface area contributed by atoms with Crippen molar-refractivity contribution in [3.63, 3.8) is 0 Å². The maximum Gasteiger partial charge on any atom is 0.143 e. The molecule has 0 fully saturated rings. The molecule has 2 nitrogen and oxygen atoms in total. The Labute approximate surface area is 325 Å². The van der Waals surface area contributed by atoms with Gasteiger partial charge in [0.1, 0.15) is 11.2 Å². The van der Waals surface area contributed by atoms with Crippen molar-refractivity contribution in [3.05, 3.63) is 212 Å². The van der Waals surface area contributed by atoms with E-state index in [1.165, 1.54) is 49.6 Å². The van der Waals surface area contributed by atoms with Crippen molar-refractivity contribution in [2.75, 3.05) is 0 Å². The van der Waals surface area contributed by atoms with E-state index in [9.17, 15) is 0 Å². The molecule has 2 heterocycles. The third kappa shape index (κ3) is 5.42. The van der Waals surface area contributed by atoms with Gasteiger partial charge < -0.3 is 8.98 Å². The zero-order valence-electron chi connectivity index (χ0n) is 30.6. The average molecular weight is 714 g/mol. The zero-order chi connectivity index (χ0) is 37.0. The zero-order valence-corrected chi connectivity index (χ0v) is 30.6. The van der Waals surface area contributed by atoms with Gasteiger partial charge in [0.25, 0.3) is 0 Å². The van der Waals surface area contributed by atoms with E-state index in [0.717, 1.165) is 55.4 Å². The van der Waals surface area contributed by atoms with Crippen LogP contribution in [0.25, 0.3) is 105 Å². The molecule has 11 rings (SSSR count). The van der Waals surface area contributed by atoms with Crippen molar-refractivity contribution in [2.24, 2.45) is 0 Å². The van der Waals surface area contributed by atoms with Crippen LogP contribution in [0.5, 0.6) is 0 Å². The summed E-state index contributed by atoms with van der Waals surface area (Å²) in [5.74, 6) is 0. The Kier molecular flexibility index (Phi) is 7.53. The molecule has 0 amide bonds. The third-order valence-electron chi connectivity index (χ3n) is 11.2. The molecule has 2 aromatic heterocycles. The Morgan fingerprint density at radius 1 is 0.286 bits per heavy atom. The van der Waals surface area contributed by atoms with Crippen LogP contribution in [0.3, 0.4) is 0 Å². The number of hydrogen-bond donors (Lipinski definition) is 0. The highest BCUT2D eigenvalue weighted by Gasteiger charge is 2.17. The monoisotopic (exact) mass is 713 g/mol. The number of fused-ring (bicyclic) bond motifs is 6. The summed E-state index contributed by atoms with van der Waals surface area (Å²) in [6, 6.07) is 76.4. The van der Waals surface area contributed by atoms with Gasteiger partial charge in [0.05, 0.1) is 11.0 Å². The van der Waals surface area contributed by atoms with E-state index in [2.05, 4.69) is 217 Å². The van der Waals surface area contributed by atoms with E-state index in [0.29, 0.717) is 0 Å². The quantitative estimate of drug-likeness (QED) is 0.168. The number of aromatic nitrogens is 1. The van der Waals surface area contributed by atoms with Gasteiger partial charge in [-0.05, 0) is 111 Å². The first-order valence-corrected chi connectivity index (χ1v) is 19.2. The molecular weight excluding hydrogens is 679 g/mol. The number of furan rings is 1. The summed E-state index contributed by atoms with van der Waals surface area (Å²) >= 11 is 0. The average Bonchev–Trinajstić information content (AvgIpc) is 3.82. The summed E-state index contributed by atoms with van der Waals surface area (Å²) in [6.45, 7) is 0. The van der Waals surface area contributed by atoms with E-state index in [-0.39, 0.29) is 0 Å². The van der Waals surface area contributed by atoms with Gasteiger partial charge >= 0.3 is 0 Å². The normalized spacial score (nSPS) is 11.6. The van der Waals surface area contributed by atoms with Crippen LogP contribution in [-0.4, -0.2) is 4.57 Å². The lowest BCUT2D eigenvalue weighted by Crippen LogP contribution is -1.93. The summed E-state index contributed by atoms with van der Waals surface area (Å²) in [5, 5.41) is 4.72. The van der Waals surface area contributed by atoms with E-state index in [1.807, 2.05) is 0 Å². The molecule has 0 radical (unpaired) electrons. The Morgan fingerprint density at radius 3 is 1.55 bits per heavy atom. The lowest BCUT2D eigenvalue weighted by atomic mass is 9.91. The standard InChI is InChI=1S/C54H35NO/c1-4-14-36(15-5-1)38-18-12-19-39(30-38)42-31-43(41-26-28-48-47-22-10-11-25-51(47)55(52(48)35-41)45-20-8-3-9-21-45)33-44(32-42)46-23-13-24-49-50-34-40(37-16-6-2-7-17-37)27-29-53(50)56-54(46)49/h1-35H. The first-order chi connectivity index (χ1) is 27.7. The molecular formula is C54H35NO. The smallest absolute Gasteiger partial charge is 0.143 e. The summed E-state index contributed by atoms with van der Waals surface area (Å²) in [6.07, 6.45) is 0. The summed E-state index contributed by atoms with van der Waals surface area (Å²) in [7, 11) is 0. The van der Waals surface area contributed by atoms with Crippen molar-refractivity contribution in [2.45, 2.75) is 0 Å². The number of para-hydroxylation sites is 3. The molecule has 0 unspecified atom stereocenters. The fraction of sp³-hybridized carbons (Fsp3) is 0. The molecule has 0 spiro atoms. The topological polar surface area (TPSA) is 18.1 Å². The van der Waals surface area contributed by atoms with Crippen molar-refractivity contribution < 1.29 is 4.42 Å². The predicted molar refractivity (Wildman–Crippen MR) is 235 cm³/mol. The highest BCUT2D eigenvalue weighted by Crippen LogP contribution is 2.42. The van der Waals surface area contributed by atoms with Gasteiger partial charge in [-0.25, -0.2) is 0 Å². The van der Waals surface area contributed by atoms with Crippen LogP contribution < -0.4 is 0 Å². The first-order valence-electron chi connectivity index (χ1n) is 19.2. The van der Waals surface area contributed by atoms with Gasteiger partial charge in [-0.1, -0.05) is 152 Å². The molecule has 0 atom stereocenters. The van der Waals surface area contributed by atoms with Crippen molar-refractivity contribution >= 4 is 43.7 Å². The van der Waals surface area contributed by atoms with Crippen molar-refractivity contribution in [3.8, 4) is 61.3 Å². The molecule has 262 valence electrons. The fourth-order valence-electron chi connectivity index (χ4n) is 8.47. The van der Waals surface area contributed by atoms with Gasteiger partial charge in [-0.15, -0.1) is 0 Å². The van der Waals surface area contributed by atoms with Crippen molar-refractivity contribution in [1.82, 2.24) is 4.57 Å². The Bertz CT molecular complexity index is 3230. The largest absolute Gasteiger partial charge is 0.455 e. The molecule has 56 heavy (non-hydrogen) atoms. The van der Waals surface area contributed by atoms with E-state index >= 15 is 0 Å². The number of rotatable bonds is 6. The molecule has 0 saturated heterocycles. The minimum absolute atomic E-state index is 0.887. The second kappa shape index (κ2) is 13.2. The van der Waals surface area contributed by atoms with Crippen LogP contribution >= 0.6 is 0 Å². The van der Waals surface area contributed by atoms with Crippen LogP contribution in [0.4, 0.5) is 0 Å². The van der Waals surface area contributed by atoms with Gasteiger partial charge in [-0.2, -0.15) is 0 Å². The molecule has 0 aliphatic rings. The molecule has 9 aromatic carbocycles. The maximum atomic E-state index is 6.75. The molecule has 0 N–H and O–H groups in total. The number of benzene rings is 9. The van der Waals surface area contributed by atoms with Gasteiger partial charge in [-0.3, -0.25) is 0 Å². The lowest BCUT2D eigenvalue weighted by Gasteiger charge is -2.13. The predicted octanol–water partition coefficient (Wildman–Crippen LogP) is 15.0. The maximum absolute atomic E-state index is 6.75. The van der Waals surface area contributed by atoms with Crippen LogP contribution in [0.1, 0.15) is 0 Å². The Morgan fingerprint density at radius 2 is 0.804 bits per heavy atom. The SMILES string of the molecule is c1ccc(-c2cccc(-c3cc(-c4ccc5c6ccccc6n(-c6ccccc6)c5c4)cc(-c4cccc5c4oc4ccc(-c6ccccc6)cc45)c3)c2)cc1. The van der Waals surface area contributed by atoms with Crippen LogP contribution in [0.2, 0.25) is 0 Å². The van der Waals surface area contributed by atoms with E-state index < -0.39 is 0 Å². The van der Waals surface area contributed by atoms with E-state index in [4.69, 9.17) is 4.42 Å². The molecule has 11 aromatic rings. The molecule has 0 aliphatic carbocycles. The molecule has 0 bridgehead atoms. The molecule has 0 aliphatic heterocycles. The van der Waals surface area contributed by atoms with Crippen molar-refractivity contribution in [1.29, 1.82) is 0 Å². The van der Waals surface area contributed by atoms with Gasteiger partial charge in [0, 0.05) is 32.8 Å². The summed E-state index contributed by atoms with van der Waals surface area (Å²) in [4.78, 5) is 0. The second-order valence-corrected chi connectivity index (χ2v) is 14.5. The van der Waals surface area contributed by atoms with Crippen LogP contribution in [-0.2, 0) is 0 Å². The van der Waals surface area contributed by atoms with E-state index in [1.54, 1.807) is 0 Å².